The zero-order valence-corrected chi connectivity index (χ0v) is 20.9. The van der Waals surface area contributed by atoms with Crippen molar-refractivity contribution in [1.29, 1.82) is 0 Å². The number of hydrogen-bond acceptors (Lipinski definition) is 0. The molecule has 0 nitrogen and oxygen atoms in total. The van der Waals surface area contributed by atoms with Crippen molar-refractivity contribution in [2.45, 2.75) is 94.9 Å². The fourth-order valence-corrected chi connectivity index (χ4v) is 0. The minimum Gasteiger partial charge on any atom is -0.103 e. The predicted molar refractivity (Wildman–Crippen MR) is 140 cm³/mol. The number of hydrogen-bond donors (Lipinski definition) is 0. The Kier molecular flexibility index (Phi) is 227. The molecular weight excluding hydrogens is 323 g/mol. The van der Waals surface area contributed by atoms with Gasteiger partial charge in [-0.3, -0.25) is 0 Å². The molecule has 0 aliphatic carbocycles. The van der Waals surface area contributed by atoms with Crippen molar-refractivity contribution >= 4 is 8.41 Å². The van der Waals surface area contributed by atoms with Gasteiger partial charge in [0.1, 0.15) is 0 Å². The molecule has 0 aromatic rings. The topological polar surface area (TPSA) is 0 Å². The molecule has 0 unspecified atom stereocenters. The molecule has 0 N–H and O–H groups in total. The summed E-state index contributed by atoms with van der Waals surface area (Å²) >= 11 is 0. The highest BCUT2D eigenvalue weighted by Gasteiger charge is 1.46. The minimum atomic E-state index is 0. The summed E-state index contributed by atoms with van der Waals surface area (Å²) in [7, 11) is 0. The van der Waals surface area contributed by atoms with E-state index in [1.54, 1.807) is 0 Å². The van der Waals surface area contributed by atoms with Crippen LogP contribution in [0.5, 0.6) is 0 Å². The Morgan fingerprint density at radius 3 is 0.519 bits per heavy atom. The second kappa shape index (κ2) is 123. The molecule has 0 aliphatic rings. The first-order valence-electron chi connectivity index (χ1n) is 10.1. The molecule has 0 saturated heterocycles. The lowest BCUT2D eigenvalue weighted by Gasteiger charge is -1.57. The first kappa shape index (κ1) is 50.0. The standard InChI is InChI=1S/6C4H8.C2H6.B/c6*1-3-4-2;1-2;/h2*3-4H,1-2H3;4*3H,1,4H2,2H3;1-2H3;. The largest absolute Gasteiger partial charge is 0.103 e. The van der Waals surface area contributed by atoms with Crippen LogP contribution in [0.1, 0.15) is 94.9 Å². The molecule has 0 spiro atoms. The summed E-state index contributed by atoms with van der Waals surface area (Å²) < 4.78 is 0. The van der Waals surface area contributed by atoms with Gasteiger partial charge < -0.3 is 0 Å². The van der Waals surface area contributed by atoms with Crippen LogP contribution in [-0.2, 0) is 0 Å². The van der Waals surface area contributed by atoms with E-state index in [4.69, 9.17) is 0 Å². The van der Waals surface area contributed by atoms with E-state index in [1.165, 1.54) is 0 Å². The van der Waals surface area contributed by atoms with Gasteiger partial charge in [0, 0.05) is 8.41 Å². The van der Waals surface area contributed by atoms with Crippen molar-refractivity contribution in [1.82, 2.24) is 0 Å². The first-order chi connectivity index (χ1) is 12.5. The number of rotatable bonds is 4. The molecule has 0 bridgehead atoms. The average Bonchev–Trinajstić information content (AvgIpc) is 2.75. The molecule has 3 radical (unpaired) electrons. The van der Waals surface area contributed by atoms with Gasteiger partial charge in [-0.15, -0.1) is 26.3 Å². The molecule has 0 heterocycles. The van der Waals surface area contributed by atoms with Crippen LogP contribution in [0.15, 0.2) is 74.9 Å². The Labute approximate surface area is 178 Å². The van der Waals surface area contributed by atoms with Crippen LogP contribution in [0.25, 0.3) is 0 Å². The van der Waals surface area contributed by atoms with E-state index in [0.717, 1.165) is 25.7 Å². The molecule has 1 heteroatoms. The summed E-state index contributed by atoms with van der Waals surface area (Å²) in [6.45, 7) is 34.2. The van der Waals surface area contributed by atoms with E-state index in [2.05, 4.69) is 54.0 Å². The third-order valence-corrected chi connectivity index (χ3v) is 1.82. The second-order valence-corrected chi connectivity index (χ2v) is 4.12. The third kappa shape index (κ3) is 612. The first-order valence-corrected chi connectivity index (χ1v) is 10.1. The molecular formula is C26H54B. The maximum atomic E-state index is 3.48. The molecule has 0 aliphatic heterocycles. The fourth-order valence-electron chi connectivity index (χ4n) is 0. The van der Waals surface area contributed by atoms with Crippen LogP contribution >= 0.6 is 0 Å². The van der Waals surface area contributed by atoms with Crippen molar-refractivity contribution in [3.05, 3.63) is 74.9 Å². The number of allylic oxidation sites excluding steroid dienone is 8. The molecule has 0 aromatic carbocycles. The molecule has 0 atom stereocenters. The summed E-state index contributed by atoms with van der Waals surface area (Å²) in [4.78, 5) is 0. The highest BCUT2D eigenvalue weighted by atomic mass is 13.5. The van der Waals surface area contributed by atoms with Crippen LogP contribution in [0.2, 0.25) is 0 Å². The van der Waals surface area contributed by atoms with Gasteiger partial charge in [-0.2, -0.15) is 0 Å². The summed E-state index contributed by atoms with van der Waals surface area (Å²) in [5.74, 6) is 0. The van der Waals surface area contributed by atoms with Crippen molar-refractivity contribution in [2.24, 2.45) is 0 Å². The molecule has 0 saturated carbocycles. The lowest BCUT2D eigenvalue weighted by Crippen LogP contribution is -1.36. The molecule has 161 valence electrons. The van der Waals surface area contributed by atoms with Gasteiger partial charge in [0.25, 0.3) is 0 Å². The normalized spacial score (nSPS) is 6.74. The SMILES string of the molecule is C=CCC.C=CCC.C=CCC.C=CCC.CC.CC=CC.CC=CC.[B]. The van der Waals surface area contributed by atoms with Crippen molar-refractivity contribution < 1.29 is 0 Å². The van der Waals surface area contributed by atoms with Gasteiger partial charge >= 0.3 is 0 Å². The summed E-state index contributed by atoms with van der Waals surface area (Å²) in [6.07, 6.45) is 19.8. The van der Waals surface area contributed by atoms with E-state index in [1.807, 2.05) is 90.2 Å². The molecule has 0 amide bonds. The predicted octanol–water partition coefficient (Wildman–Crippen LogP) is 10.1. The lowest BCUT2D eigenvalue weighted by molar-refractivity contribution is 1.23. The average molecular weight is 378 g/mol. The van der Waals surface area contributed by atoms with Gasteiger partial charge in [0.05, 0.1) is 0 Å². The Morgan fingerprint density at radius 1 is 0.444 bits per heavy atom. The minimum absolute atomic E-state index is 0. The van der Waals surface area contributed by atoms with Gasteiger partial charge in [-0.05, 0) is 53.4 Å². The summed E-state index contributed by atoms with van der Waals surface area (Å²) in [5, 5.41) is 0. The maximum absolute atomic E-state index is 3.48. The quantitative estimate of drug-likeness (QED) is 0.337. The summed E-state index contributed by atoms with van der Waals surface area (Å²) in [5.41, 5.74) is 0. The van der Waals surface area contributed by atoms with Gasteiger partial charge in [0.2, 0.25) is 0 Å². The van der Waals surface area contributed by atoms with Crippen LogP contribution in [0, 0.1) is 0 Å². The van der Waals surface area contributed by atoms with E-state index in [9.17, 15) is 0 Å². The Hall–Kier alpha value is -1.50. The Morgan fingerprint density at radius 2 is 0.519 bits per heavy atom. The Balaban J connectivity index is -0.0000000260. The van der Waals surface area contributed by atoms with Crippen LogP contribution < -0.4 is 0 Å². The van der Waals surface area contributed by atoms with Gasteiger partial charge in [0.15, 0.2) is 0 Å². The smallest absolute Gasteiger partial charge is 0 e. The van der Waals surface area contributed by atoms with Crippen LogP contribution in [0.3, 0.4) is 0 Å². The van der Waals surface area contributed by atoms with E-state index >= 15 is 0 Å². The lowest BCUT2D eigenvalue weighted by atomic mass is 10.5. The van der Waals surface area contributed by atoms with Crippen LogP contribution in [-0.4, -0.2) is 8.41 Å². The van der Waals surface area contributed by atoms with E-state index in [-0.39, 0.29) is 8.41 Å². The molecule has 0 rings (SSSR count). The van der Waals surface area contributed by atoms with E-state index in [0.29, 0.717) is 0 Å². The Bertz CT molecular complexity index is 185. The zero-order valence-electron chi connectivity index (χ0n) is 20.9. The molecule has 27 heavy (non-hydrogen) atoms. The van der Waals surface area contributed by atoms with Crippen LogP contribution in [0.4, 0.5) is 0 Å². The fraction of sp³-hybridized carbons (Fsp3) is 0.538. The van der Waals surface area contributed by atoms with Crippen molar-refractivity contribution in [3.63, 3.8) is 0 Å². The van der Waals surface area contributed by atoms with Crippen molar-refractivity contribution in [3.8, 4) is 0 Å². The zero-order chi connectivity index (χ0) is 22.5. The molecule has 0 fully saturated rings. The van der Waals surface area contributed by atoms with Crippen molar-refractivity contribution in [2.75, 3.05) is 0 Å². The van der Waals surface area contributed by atoms with Gasteiger partial charge in [-0.1, -0.05) is 90.2 Å². The molecule has 0 aromatic heterocycles. The maximum Gasteiger partial charge on any atom is 0 e. The highest BCUT2D eigenvalue weighted by Crippen LogP contribution is 1.67. The van der Waals surface area contributed by atoms with E-state index < -0.39 is 0 Å². The third-order valence-electron chi connectivity index (χ3n) is 1.82. The monoisotopic (exact) mass is 377 g/mol. The highest BCUT2D eigenvalue weighted by molar-refractivity contribution is 5.75. The summed E-state index contributed by atoms with van der Waals surface area (Å²) in [6, 6.07) is 0. The van der Waals surface area contributed by atoms with Gasteiger partial charge in [-0.25, -0.2) is 0 Å². The second-order valence-electron chi connectivity index (χ2n) is 4.12.